The molecule has 3 nitrogen and oxygen atoms in total. The van der Waals surface area contributed by atoms with E-state index in [2.05, 4.69) is 20.8 Å². The highest BCUT2D eigenvalue weighted by Gasteiger charge is 2.41. The van der Waals surface area contributed by atoms with Crippen LogP contribution in [0, 0.1) is 11.3 Å². The lowest BCUT2D eigenvalue weighted by molar-refractivity contribution is -0.138. The molecule has 0 unspecified atom stereocenters. The molecule has 2 N–H and O–H groups in total. The fraction of sp³-hybridized carbons (Fsp3) is 0.933. The minimum Gasteiger partial charge on any atom is -0.341 e. The summed E-state index contributed by atoms with van der Waals surface area (Å²) >= 11 is 0. The van der Waals surface area contributed by atoms with E-state index in [0.717, 1.165) is 57.5 Å². The second-order valence-electron chi connectivity index (χ2n) is 7.30. The number of carbonyl (C=O) groups excluding carboxylic acids is 1. The van der Waals surface area contributed by atoms with Crippen molar-refractivity contribution in [2.45, 2.75) is 64.8 Å². The number of hydrogen-bond donors (Lipinski definition) is 1. The lowest BCUT2D eigenvalue weighted by Gasteiger charge is -2.41. The van der Waals surface area contributed by atoms with Crippen LogP contribution in [0.25, 0.3) is 0 Å². The Morgan fingerprint density at radius 2 is 1.63 bits per heavy atom. The van der Waals surface area contributed by atoms with Crippen molar-refractivity contribution in [1.29, 1.82) is 0 Å². The Labute approximate surface area is 123 Å². The second kappa shape index (κ2) is 6.01. The van der Waals surface area contributed by atoms with Gasteiger partial charge in [-0.2, -0.15) is 0 Å². The first kappa shape index (κ1) is 16.8. The number of carbonyl (C=O) groups is 1. The maximum absolute atomic E-state index is 12.5. The SMILES string of the molecule is CC(C)(C)C1CCN(C(=O)C2(N)CCCC2)CC1.Cl. The zero-order valence-electron chi connectivity index (χ0n) is 12.6. The molecule has 19 heavy (non-hydrogen) atoms. The monoisotopic (exact) mass is 288 g/mol. The molecule has 0 bridgehead atoms. The van der Waals surface area contributed by atoms with Gasteiger partial charge < -0.3 is 10.6 Å². The Morgan fingerprint density at radius 3 is 2.05 bits per heavy atom. The van der Waals surface area contributed by atoms with Gasteiger partial charge in [0, 0.05) is 13.1 Å². The molecule has 1 aliphatic heterocycles. The van der Waals surface area contributed by atoms with Gasteiger partial charge in [0.15, 0.2) is 0 Å². The molecule has 0 aromatic rings. The first-order valence-electron chi connectivity index (χ1n) is 7.41. The molecule has 2 rings (SSSR count). The number of piperidine rings is 1. The standard InChI is InChI=1S/C15H28N2O.ClH/c1-14(2,3)12-6-10-17(11-7-12)13(18)15(16)8-4-5-9-15;/h12H,4-11,16H2,1-3H3;1H. The van der Waals surface area contributed by atoms with Crippen molar-refractivity contribution < 1.29 is 4.79 Å². The number of likely N-dealkylation sites (tertiary alicyclic amines) is 1. The van der Waals surface area contributed by atoms with E-state index in [1.807, 2.05) is 4.90 Å². The fourth-order valence-electron chi connectivity index (χ4n) is 3.48. The molecule has 1 aliphatic carbocycles. The summed E-state index contributed by atoms with van der Waals surface area (Å²) in [4.78, 5) is 14.5. The summed E-state index contributed by atoms with van der Waals surface area (Å²) in [5.74, 6) is 0.950. The van der Waals surface area contributed by atoms with Crippen molar-refractivity contribution in [2.75, 3.05) is 13.1 Å². The molecule has 0 aromatic heterocycles. The lowest BCUT2D eigenvalue weighted by Crippen LogP contribution is -2.55. The van der Waals surface area contributed by atoms with Crippen LogP contribution in [0.2, 0.25) is 0 Å². The fourth-order valence-corrected chi connectivity index (χ4v) is 3.48. The largest absolute Gasteiger partial charge is 0.341 e. The predicted molar refractivity (Wildman–Crippen MR) is 81.4 cm³/mol. The third kappa shape index (κ3) is 3.63. The van der Waals surface area contributed by atoms with Crippen LogP contribution in [0.3, 0.4) is 0 Å². The summed E-state index contributed by atoms with van der Waals surface area (Å²) in [7, 11) is 0. The minimum atomic E-state index is -0.533. The van der Waals surface area contributed by atoms with Gasteiger partial charge in [-0.15, -0.1) is 12.4 Å². The Kier molecular flexibility index (Phi) is 5.30. The molecule has 0 atom stereocenters. The van der Waals surface area contributed by atoms with E-state index in [9.17, 15) is 4.79 Å². The predicted octanol–water partition coefficient (Wildman–Crippen LogP) is 2.96. The molecule has 1 amide bonds. The summed E-state index contributed by atoms with van der Waals surface area (Å²) in [6, 6.07) is 0. The minimum absolute atomic E-state index is 0. The Balaban J connectivity index is 0.00000180. The summed E-state index contributed by atoms with van der Waals surface area (Å²) in [6.07, 6.45) is 6.24. The topological polar surface area (TPSA) is 46.3 Å². The average Bonchev–Trinajstić information content (AvgIpc) is 2.75. The highest BCUT2D eigenvalue weighted by atomic mass is 35.5. The van der Waals surface area contributed by atoms with Crippen LogP contribution in [0.1, 0.15) is 59.3 Å². The number of rotatable bonds is 1. The second-order valence-corrected chi connectivity index (χ2v) is 7.30. The van der Waals surface area contributed by atoms with Gasteiger partial charge in [-0.05, 0) is 37.0 Å². The molecule has 1 saturated carbocycles. The molecule has 0 aromatic carbocycles. The smallest absolute Gasteiger partial charge is 0.242 e. The Morgan fingerprint density at radius 1 is 1.16 bits per heavy atom. The quantitative estimate of drug-likeness (QED) is 0.806. The maximum Gasteiger partial charge on any atom is 0.242 e. The third-order valence-corrected chi connectivity index (χ3v) is 4.93. The summed E-state index contributed by atoms with van der Waals surface area (Å²) in [6.45, 7) is 8.71. The number of nitrogens with zero attached hydrogens (tertiary/aromatic N) is 1. The van der Waals surface area contributed by atoms with Gasteiger partial charge in [0.2, 0.25) is 5.91 Å². The van der Waals surface area contributed by atoms with E-state index < -0.39 is 5.54 Å². The van der Waals surface area contributed by atoms with Gasteiger partial charge >= 0.3 is 0 Å². The summed E-state index contributed by atoms with van der Waals surface area (Å²) < 4.78 is 0. The van der Waals surface area contributed by atoms with E-state index in [0.29, 0.717) is 5.41 Å². The van der Waals surface area contributed by atoms with Crippen molar-refractivity contribution in [3.8, 4) is 0 Å². The van der Waals surface area contributed by atoms with Crippen molar-refractivity contribution in [2.24, 2.45) is 17.1 Å². The van der Waals surface area contributed by atoms with Crippen molar-refractivity contribution in [3.63, 3.8) is 0 Å². The molecule has 0 radical (unpaired) electrons. The van der Waals surface area contributed by atoms with Gasteiger partial charge in [0.05, 0.1) is 5.54 Å². The van der Waals surface area contributed by atoms with Crippen LogP contribution in [-0.4, -0.2) is 29.4 Å². The first-order chi connectivity index (χ1) is 8.33. The van der Waals surface area contributed by atoms with E-state index in [-0.39, 0.29) is 18.3 Å². The number of halogens is 1. The van der Waals surface area contributed by atoms with Crippen molar-refractivity contribution in [1.82, 2.24) is 4.90 Å². The van der Waals surface area contributed by atoms with Gasteiger partial charge in [-0.25, -0.2) is 0 Å². The maximum atomic E-state index is 12.5. The van der Waals surface area contributed by atoms with Crippen LogP contribution < -0.4 is 5.73 Å². The molecule has 112 valence electrons. The molecular weight excluding hydrogens is 260 g/mol. The molecular formula is C15H29ClN2O. The molecule has 4 heteroatoms. The van der Waals surface area contributed by atoms with E-state index in [1.165, 1.54) is 0 Å². The van der Waals surface area contributed by atoms with Gasteiger partial charge in [0.25, 0.3) is 0 Å². The molecule has 1 heterocycles. The van der Waals surface area contributed by atoms with Crippen LogP contribution in [0.5, 0.6) is 0 Å². The number of nitrogens with two attached hydrogens (primary N) is 1. The third-order valence-electron chi connectivity index (χ3n) is 4.93. The first-order valence-corrected chi connectivity index (χ1v) is 7.41. The molecule has 1 saturated heterocycles. The van der Waals surface area contributed by atoms with E-state index in [4.69, 9.17) is 5.73 Å². The molecule has 2 aliphatic rings. The van der Waals surface area contributed by atoms with Crippen LogP contribution in [0.15, 0.2) is 0 Å². The van der Waals surface area contributed by atoms with Crippen LogP contribution in [0.4, 0.5) is 0 Å². The van der Waals surface area contributed by atoms with Crippen molar-refractivity contribution in [3.05, 3.63) is 0 Å². The van der Waals surface area contributed by atoms with Gasteiger partial charge in [-0.1, -0.05) is 33.6 Å². The van der Waals surface area contributed by atoms with E-state index in [1.54, 1.807) is 0 Å². The molecule has 0 spiro atoms. The number of hydrogen-bond acceptors (Lipinski definition) is 2. The van der Waals surface area contributed by atoms with Crippen molar-refractivity contribution >= 4 is 18.3 Å². The number of amides is 1. The van der Waals surface area contributed by atoms with Gasteiger partial charge in [0.1, 0.15) is 0 Å². The summed E-state index contributed by atoms with van der Waals surface area (Å²) in [5.41, 5.74) is 6.09. The van der Waals surface area contributed by atoms with Gasteiger partial charge in [-0.3, -0.25) is 4.79 Å². The normalized spacial score (nSPS) is 24.1. The summed E-state index contributed by atoms with van der Waals surface area (Å²) in [5, 5.41) is 0. The lowest BCUT2D eigenvalue weighted by atomic mass is 9.75. The Bertz CT molecular complexity index is 311. The zero-order valence-corrected chi connectivity index (χ0v) is 13.4. The Hall–Kier alpha value is -0.280. The zero-order chi connectivity index (χ0) is 13.4. The highest BCUT2D eigenvalue weighted by Crippen LogP contribution is 2.36. The van der Waals surface area contributed by atoms with Crippen LogP contribution in [-0.2, 0) is 4.79 Å². The van der Waals surface area contributed by atoms with Crippen LogP contribution >= 0.6 is 12.4 Å². The average molecular weight is 289 g/mol. The van der Waals surface area contributed by atoms with E-state index >= 15 is 0 Å². The highest BCUT2D eigenvalue weighted by molar-refractivity contribution is 5.86. The molecule has 2 fully saturated rings.